The molecule has 0 aliphatic carbocycles. The van der Waals surface area contributed by atoms with E-state index >= 15 is 0 Å². The Bertz CT molecular complexity index is 1220. The van der Waals surface area contributed by atoms with Crippen molar-refractivity contribution < 1.29 is 27.6 Å². The first-order valence-corrected chi connectivity index (χ1v) is 10.7. The lowest BCUT2D eigenvalue weighted by Crippen LogP contribution is -2.27. The van der Waals surface area contributed by atoms with Gasteiger partial charge < -0.3 is 5.32 Å². The maximum Gasteiger partial charge on any atom is 0.416 e. The number of aromatic nitrogens is 2. The molecule has 0 saturated carbocycles. The molecule has 3 aromatic rings. The van der Waals surface area contributed by atoms with Crippen LogP contribution in [-0.4, -0.2) is 37.5 Å². The maximum atomic E-state index is 13.0. The van der Waals surface area contributed by atoms with Gasteiger partial charge in [0.15, 0.2) is 0 Å². The molecular weight excluding hydrogens is 457 g/mol. The quantitative estimate of drug-likeness (QED) is 0.582. The van der Waals surface area contributed by atoms with E-state index in [1.807, 2.05) is 0 Å². The van der Waals surface area contributed by atoms with Crippen LogP contribution in [0.2, 0.25) is 0 Å². The summed E-state index contributed by atoms with van der Waals surface area (Å²) in [5.41, 5.74) is 1.18. The van der Waals surface area contributed by atoms with E-state index in [9.17, 15) is 27.6 Å². The van der Waals surface area contributed by atoms with Crippen molar-refractivity contribution >= 4 is 34.5 Å². The largest absolute Gasteiger partial charge is 0.416 e. The fourth-order valence-corrected chi connectivity index (χ4v) is 4.04. The maximum absolute atomic E-state index is 13.0. The summed E-state index contributed by atoms with van der Waals surface area (Å²) in [7, 11) is 0. The van der Waals surface area contributed by atoms with Gasteiger partial charge in [0.05, 0.1) is 41.0 Å². The lowest BCUT2D eigenvalue weighted by Gasteiger charge is -2.13. The molecular formula is C22H17F3N4O3S. The first-order valence-electron chi connectivity index (χ1n) is 9.73. The first kappa shape index (κ1) is 22.6. The normalized spacial score (nSPS) is 14.1. The van der Waals surface area contributed by atoms with Crippen molar-refractivity contribution in [2.24, 2.45) is 0 Å². The van der Waals surface area contributed by atoms with Crippen molar-refractivity contribution in [1.29, 1.82) is 0 Å². The topological polar surface area (TPSA) is 84.3 Å². The molecule has 33 heavy (non-hydrogen) atoms. The monoisotopic (exact) mass is 474 g/mol. The van der Waals surface area contributed by atoms with Crippen molar-refractivity contribution in [2.75, 3.05) is 11.1 Å². The third kappa shape index (κ3) is 4.77. The number of benzene rings is 2. The molecule has 1 aliphatic heterocycles. The minimum Gasteiger partial charge on any atom is -0.322 e. The summed E-state index contributed by atoms with van der Waals surface area (Å²) in [5.74, 6) is -0.573. The van der Waals surface area contributed by atoms with Crippen molar-refractivity contribution in [1.82, 2.24) is 14.7 Å². The van der Waals surface area contributed by atoms with Gasteiger partial charge in [-0.3, -0.25) is 19.3 Å². The number of rotatable bonds is 5. The van der Waals surface area contributed by atoms with Crippen molar-refractivity contribution in [3.8, 4) is 5.69 Å². The lowest BCUT2D eigenvalue weighted by molar-refractivity contribution is -0.137. The van der Waals surface area contributed by atoms with E-state index < -0.39 is 17.6 Å². The summed E-state index contributed by atoms with van der Waals surface area (Å²) in [4.78, 5) is 37.3. The summed E-state index contributed by atoms with van der Waals surface area (Å²) in [6.07, 6.45) is -3.20. The van der Waals surface area contributed by atoms with E-state index in [-0.39, 0.29) is 34.7 Å². The molecule has 170 valence electrons. The van der Waals surface area contributed by atoms with Gasteiger partial charge in [0, 0.05) is 5.69 Å². The second kappa shape index (κ2) is 8.74. The average molecular weight is 474 g/mol. The zero-order chi connectivity index (χ0) is 23.8. The Morgan fingerprint density at radius 3 is 2.52 bits per heavy atom. The van der Waals surface area contributed by atoms with Gasteiger partial charge in [-0.05, 0) is 42.8 Å². The number of alkyl halides is 3. The number of halogens is 3. The predicted octanol–water partition coefficient (Wildman–Crippen LogP) is 4.65. The van der Waals surface area contributed by atoms with E-state index in [0.717, 1.165) is 29.5 Å². The number of imide groups is 1. The third-order valence-electron chi connectivity index (χ3n) is 5.07. The minimum atomic E-state index is -4.49. The molecule has 11 heteroatoms. The van der Waals surface area contributed by atoms with Crippen LogP contribution in [0.25, 0.3) is 5.69 Å². The molecule has 0 radical (unpaired) electrons. The number of nitrogens with zero attached hydrogens (tertiary/aromatic N) is 3. The molecule has 1 fully saturated rings. The summed E-state index contributed by atoms with van der Waals surface area (Å²) < 4.78 is 40.3. The molecule has 0 atom stereocenters. The molecule has 2 aromatic carbocycles. The van der Waals surface area contributed by atoms with Crippen molar-refractivity contribution in [2.45, 2.75) is 19.6 Å². The lowest BCUT2D eigenvalue weighted by atomic mass is 10.1. The standard InChI is InChI=1S/C22H17F3N4O3S/c1-13-18(10-26-29(13)17-4-2-3-15(9-17)22(23,24)25)20(31)27-16-7-5-14(6-8-16)11-28-19(30)12-33-21(28)32/h2-10H,11-12H2,1H3,(H,27,31). The Balaban J connectivity index is 1.47. The Morgan fingerprint density at radius 1 is 1.15 bits per heavy atom. The Labute approximate surface area is 190 Å². The number of carbonyl (C=O) groups is 3. The van der Waals surface area contributed by atoms with E-state index in [4.69, 9.17) is 0 Å². The zero-order valence-electron chi connectivity index (χ0n) is 17.2. The van der Waals surface area contributed by atoms with Crippen LogP contribution < -0.4 is 5.32 Å². The highest BCUT2D eigenvalue weighted by Crippen LogP contribution is 2.30. The molecule has 0 spiro atoms. The molecule has 0 bridgehead atoms. The molecule has 7 nitrogen and oxygen atoms in total. The van der Waals surface area contributed by atoms with Crippen LogP contribution in [0, 0.1) is 6.92 Å². The number of thioether (sulfide) groups is 1. The molecule has 1 aliphatic rings. The fraction of sp³-hybridized carbons (Fsp3) is 0.182. The summed E-state index contributed by atoms with van der Waals surface area (Å²) in [5, 5.41) is 6.50. The molecule has 4 rings (SSSR count). The predicted molar refractivity (Wildman–Crippen MR) is 116 cm³/mol. The fourth-order valence-electron chi connectivity index (χ4n) is 3.32. The third-order valence-corrected chi connectivity index (χ3v) is 5.92. The van der Waals surface area contributed by atoms with E-state index in [0.29, 0.717) is 11.4 Å². The van der Waals surface area contributed by atoms with Crippen molar-refractivity contribution in [3.63, 3.8) is 0 Å². The molecule has 1 saturated heterocycles. The van der Waals surface area contributed by atoms with Gasteiger partial charge >= 0.3 is 6.18 Å². The van der Waals surface area contributed by atoms with Crippen LogP contribution in [0.1, 0.15) is 27.2 Å². The van der Waals surface area contributed by atoms with Crippen LogP contribution in [0.5, 0.6) is 0 Å². The van der Waals surface area contributed by atoms with E-state index in [1.54, 1.807) is 31.2 Å². The minimum absolute atomic E-state index is 0.139. The Morgan fingerprint density at radius 2 is 1.88 bits per heavy atom. The number of hydrogen-bond donors (Lipinski definition) is 1. The van der Waals surface area contributed by atoms with Gasteiger partial charge in [-0.15, -0.1) is 0 Å². The number of hydrogen-bond acceptors (Lipinski definition) is 5. The van der Waals surface area contributed by atoms with Crippen LogP contribution in [0.15, 0.2) is 54.7 Å². The first-order chi connectivity index (χ1) is 15.6. The molecule has 3 amide bonds. The molecule has 2 heterocycles. The number of amides is 3. The van der Waals surface area contributed by atoms with Gasteiger partial charge in [-0.25, -0.2) is 4.68 Å². The molecule has 1 N–H and O–H groups in total. The second-order valence-corrected chi connectivity index (χ2v) is 8.22. The summed E-state index contributed by atoms with van der Waals surface area (Å²) in [6.45, 7) is 1.75. The number of anilines is 1. The average Bonchev–Trinajstić information content (AvgIpc) is 3.31. The van der Waals surface area contributed by atoms with Gasteiger partial charge in [0.2, 0.25) is 5.91 Å². The van der Waals surface area contributed by atoms with Crippen LogP contribution >= 0.6 is 11.8 Å². The van der Waals surface area contributed by atoms with Crippen LogP contribution in [0.3, 0.4) is 0 Å². The smallest absolute Gasteiger partial charge is 0.322 e. The van der Waals surface area contributed by atoms with Gasteiger partial charge in [-0.1, -0.05) is 30.0 Å². The van der Waals surface area contributed by atoms with Crippen LogP contribution in [-0.2, 0) is 17.5 Å². The highest BCUT2D eigenvalue weighted by molar-refractivity contribution is 8.14. The van der Waals surface area contributed by atoms with Crippen LogP contribution in [0.4, 0.5) is 23.7 Å². The Kier molecular flexibility index (Phi) is 5.98. The number of carbonyl (C=O) groups excluding carboxylic acids is 3. The van der Waals surface area contributed by atoms with Gasteiger partial charge in [0.25, 0.3) is 11.1 Å². The summed E-state index contributed by atoms with van der Waals surface area (Å²) in [6, 6.07) is 11.3. The Hall–Kier alpha value is -3.60. The van der Waals surface area contributed by atoms with E-state index in [2.05, 4.69) is 10.4 Å². The van der Waals surface area contributed by atoms with Gasteiger partial charge in [0.1, 0.15) is 0 Å². The second-order valence-electron chi connectivity index (χ2n) is 7.29. The number of nitrogens with one attached hydrogen (secondary N) is 1. The highest BCUT2D eigenvalue weighted by atomic mass is 32.2. The van der Waals surface area contributed by atoms with E-state index in [1.165, 1.54) is 27.9 Å². The SMILES string of the molecule is Cc1c(C(=O)Nc2ccc(CN3C(=O)CSC3=O)cc2)cnn1-c1cccc(C(F)(F)F)c1. The molecule has 0 unspecified atom stereocenters. The zero-order valence-corrected chi connectivity index (χ0v) is 18.0. The molecule has 1 aromatic heterocycles. The van der Waals surface area contributed by atoms with Crippen molar-refractivity contribution in [3.05, 3.63) is 77.1 Å². The summed E-state index contributed by atoms with van der Waals surface area (Å²) >= 11 is 0.962. The van der Waals surface area contributed by atoms with Gasteiger partial charge in [-0.2, -0.15) is 18.3 Å². The highest BCUT2D eigenvalue weighted by Gasteiger charge is 2.31.